The van der Waals surface area contributed by atoms with Crippen molar-refractivity contribution in [1.29, 1.82) is 0 Å². The summed E-state index contributed by atoms with van der Waals surface area (Å²) in [5.41, 5.74) is 5.79. The fourth-order valence-electron chi connectivity index (χ4n) is 4.64. The number of thiazole rings is 1. The van der Waals surface area contributed by atoms with Crippen LogP contribution >= 0.6 is 11.3 Å². The molecular weight excluding hydrogens is 703 g/mol. The first-order valence-electron chi connectivity index (χ1n) is 14.1. The van der Waals surface area contributed by atoms with E-state index in [0.29, 0.717) is 16.8 Å². The summed E-state index contributed by atoms with van der Waals surface area (Å²) >= 11 is 1.65. The van der Waals surface area contributed by atoms with Crippen LogP contribution in [0.2, 0.25) is 0 Å². The van der Waals surface area contributed by atoms with E-state index in [2.05, 4.69) is 39.2 Å². The molecule has 7 rings (SSSR count). The molecule has 4 nitrogen and oxygen atoms in total. The number of pyridine rings is 2. The number of rotatable bonds is 3. The largest absolute Gasteiger partial charge is 0.498 e. The minimum atomic E-state index is -1.50. The SMILES string of the molecule is [2H]C([2H])(c1ccnc(-c2[c-]ccc3c2oc2c3ccc3sc(C)nc32)c1)C(C)(C)C.[Ir].[c-]1ccccc1-c1ccccn1. The van der Waals surface area contributed by atoms with Crippen LogP contribution in [0.5, 0.6) is 0 Å². The molecule has 4 heterocycles. The number of nitrogens with zero attached hydrogens (tertiary/aromatic N) is 3. The van der Waals surface area contributed by atoms with Crippen molar-refractivity contribution in [2.75, 3.05) is 0 Å². The van der Waals surface area contributed by atoms with Gasteiger partial charge in [-0.3, -0.25) is 0 Å². The Balaban J connectivity index is 0.000000238. The number of hydrogen-bond donors (Lipinski definition) is 0. The van der Waals surface area contributed by atoms with Crippen LogP contribution in [0, 0.1) is 24.5 Å². The quantitative estimate of drug-likeness (QED) is 0.170. The van der Waals surface area contributed by atoms with E-state index in [1.165, 1.54) is 0 Å². The molecule has 0 bridgehead atoms. The van der Waals surface area contributed by atoms with E-state index in [0.717, 1.165) is 48.4 Å². The van der Waals surface area contributed by atoms with Crippen molar-refractivity contribution in [3.05, 3.63) is 114 Å². The molecular formula is C35H29IrN3OS-2. The first kappa shape index (κ1) is 26.2. The Hall–Kier alpha value is -3.70. The van der Waals surface area contributed by atoms with Gasteiger partial charge in [-0.15, -0.1) is 65.4 Å². The molecule has 4 aromatic heterocycles. The van der Waals surface area contributed by atoms with Gasteiger partial charge in [0.25, 0.3) is 0 Å². The van der Waals surface area contributed by atoms with Crippen molar-refractivity contribution < 1.29 is 27.3 Å². The van der Waals surface area contributed by atoms with Gasteiger partial charge in [0.05, 0.1) is 15.3 Å². The maximum atomic E-state index is 8.62. The van der Waals surface area contributed by atoms with E-state index in [1.54, 1.807) is 29.8 Å². The van der Waals surface area contributed by atoms with Crippen molar-refractivity contribution in [3.8, 4) is 22.5 Å². The Kier molecular flexibility index (Phi) is 7.70. The van der Waals surface area contributed by atoms with Gasteiger partial charge in [0.2, 0.25) is 0 Å². The predicted molar refractivity (Wildman–Crippen MR) is 165 cm³/mol. The summed E-state index contributed by atoms with van der Waals surface area (Å²) in [6.07, 6.45) is 1.94. The van der Waals surface area contributed by atoms with E-state index >= 15 is 0 Å². The van der Waals surface area contributed by atoms with Gasteiger partial charge in [-0.25, -0.2) is 4.98 Å². The Bertz CT molecular complexity index is 1980. The van der Waals surface area contributed by atoms with Crippen molar-refractivity contribution in [3.63, 3.8) is 0 Å². The zero-order valence-electron chi connectivity index (χ0n) is 25.2. The summed E-state index contributed by atoms with van der Waals surface area (Å²) in [7, 11) is 0. The van der Waals surface area contributed by atoms with E-state index < -0.39 is 11.8 Å². The van der Waals surface area contributed by atoms with Crippen LogP contribution in [0.3, 0.4) is 0 Å². The van der Waals surface area contributed by atoms with Crippen molar-refractivity contribution >= 4 is 43.5 Å². The summed E-state index contributed by atoms with van der Waals surface area (Å²) in [4.78, 5) is 13.4. The van der Waals surface area contributed by atoms with Gasteiger partial charge in [-0.05, 0) is 48.3 Å². The van der Waals surface area contributed by atoms with E-state index in [-0.39, 0.29) is 20.1 Å². The van der Waals surface area contributed by atoms with Crippen LogP contribution in [0.4, 0.5) is 0 Å². The van der Waals surface area contributed by atoms with Gasteiger partial charge < -0.3 is 14.4 Å². The molecule has 0 aliphatic rings. The third kappa shape index (κ3) is 6.30. The molecule has 6 heteroatoms. The van der Waals surface area contributed by atoms with E-state index in [4.69, 9.17) is 7.16 Å². The third-order valence-corrected chi connectivity index (χ3v) is 7.19. The number of fused-ring (bicyclic) bond motifs is 5. The second-order valence-electron chi connectivity index (χ2n) is 10.5. The fraction of sp³-hybridized carbons (Fsp3) is 0.171. The van der Waals surface area contributed by atoms with E-state index in [1.807, 2.05) is 88.4 Å². The molecule has 0 amide bonds. The van der Waals surface area contributed by atoms with Crippen LogP contribution in [0.1, 0.15) is 34.1 Å². The van der Waals surface area contributed by atoms with Crippen LogP contribution in [-0.4, -0.2) is 15.0 Å². The second kappa shape index (κ2) is 12.0. The maximum absolute atomic E-state index is 8.62. The molecule has 3 aromatic carbocycles. The van der Waals surface area contributed by atoms with Gasteiger partial charge in [0.1, 0.15) is 11.1 Å². The first-order valence-corrected chi connectivity index (χ1v) is 13.9. The molecule has 0 unspecified atom stereocenters. The van der Waals surface area contributed by atoms with E-state index in [9.17, 15) is 0 Å². The normalized spacial score (nSPS) is 12.4. The van der Waals surface area contributed by atoms with Gasteiger partial charge in [-0.1, -0.05) is 61.5 Å². The molecule has 0 spiro atoms. The topological polar surface area (TPSA) is 51.8 Å². The van der Waals surface area contributed by atoms with Gasteiger partial charge >= 0.3 is 0 Å². The number of furan rings is 1. The van der Waals surface area contributed by atoms with Crippen molar-refractivity contribution in [2.24, 2.45) is 5.41 Å². The molecule has 1 radical (unpaired) electrons. The summed E-state index contributed by atoms with van der Waals surface area (Å²) < 4.78 is 24.7. The van der Waals surface area contributed by atoms with Crippen LogP contribution in [0.15, 0.2) is 95.7 Å². The molecule has 0 saturated heterocycles. The molecule has 207 valence electrons. The predicted octanol–water partition coefficient (Wildman–Crippen LogP) is 9.50. The second-order valence-corrected chi connectivity index (χ2v) is 11.8. The Morgan fingerprint density at radius 3 is 2.41 bits per heavy atom. The summed E-state index contributed by atoms with van der Waals surface area (Å²) in [6, 6.07) is 31.7. The summed E-state index contributed by atoms with van der Waals surface area (Å²) in [5, 5.41) is 3.00. The monoisotopic (exact) mass is 734 g/mol. The number of aryl methyl sites for hydroxylation is 1. The Labute approximate surface area is 260 Å². The molecule has 0 atom stereocenters. The summed E-state index contributed by atoms with van der Waals surface area (Å²) in [6.45, 7) is 7.71. The first-order chi connectivity index (χ1) is 20.1. The number of hydrogen-bond acceptors (Lipinski definition) is 5. The smallest absolute Gasteiger partial charge is 0.148 e. The van der Waals surface area contributed by atoms with Gasteiger partial charge in [0.15, 0.2) is 0 Å². The molecule has 0 N–H and O–H groups in total. The average Bonchev–Trinajstić information content (AvgIpc) is 3.57. The maximum Gasteiger partial charge on any atom is 0.148 e. The molecule has 0 fully saturated rings. The average molecular weight is 734 g/mol. The molecule has 7 aromatic rings. The molecule has 0 aliphatic heterocycles. The molecule has 0 saturated carbocycles. The van der Waals surface area contributed by atoms with Crippen molar-refractivity contribution in [1.82, 2.24) is 15.0 Å². The van der Waals surface area contributed by atoms with Crippen LogP contribution in [-0.2, 0) is 26.5 Å². The molecule has 0 aliphatic carbocycles. The minimum absolute atomic E-state index is 0. The van der Waals surface area contributed by atoms with Crippen molar-refractivity contribution in [2.45, 2.75) is 34.1 Å². The summed E-state index contributed by atoms with van der Waals surface area (Å²) in [5.74, 6) is 0. The standard InChI is InChI=1S/C24H21N2OS.C11H8N.Ir/c1-14-26-21-20(28-14)9-8-17-16-6-5-7-18(22(16)27-23(17)21)19-12-15(10-11-25-19)13-24(2,3)4;1-2-6-10(7-3-1)11-8-4-5-9-12-11;/h5-6,8-12H,13H2,1-4H3;1-6,8-9H;/q2*-1;/i13D2;;. The zero-order chi connectivity index (χ0) is 29.5. The third-order valence-electron chi connectivity index (χ3n) is 6.25. The zero-order valence-corrected chi connectivity index (χ0v) is 26.4. The molecule has 41 heavy (non-hydrogen) atoms. The Morgan fingerprint density at radius 2 is 1.66 bits per heavy atom. The van der Waals surface area contributed by atoms with Crippen LogP contribution < -0.4 is 0 Å². The van der Waals surface area contributed by atoms with Gasteiger partial charge in [-0.2, -0.15) is 0 Å². The minimum Gasteiger partial charge on any atom is -0.498 e. The number of benzene rings is 3. The van der Waals surface area contributed by atoms with Gasteiger partial charge in [0, 0.05) is 40.6 Å². The number of aromatic nitrogens is 3. The fourth-order valence-corrected chi connectivity index (χ4v) is 5.47. The Morgan fingerprint density at radius 1 is 0.854 bits per heavy atom. The van der Waals surface area contributed by atoms with Crippen LogP contribution in [0.25, 0.3) is 54.7 Å².